The largest absolute Gasteiger partial charge is 0.278 e. The van der Waals surface area contributed by atoms with Crippen molar-refractivity contribution in [3.63, 3.8) is 0 Å². The standard InChI is InChI=1S/C17H14ClNO2/c18-15-8-6-13(7-9-15)17(21)19-11-14(10-16(19)20)12-4-2-1-3-5-12/h1-9,14H,10-11H2/t14-/m0/s1. The van der Waals surface area contributed by atoms with E-state index in [1.54, 1.807) is 24.3 Å². The van der Waals surface area contributed by atoms with E-state index in [0.717, 1.165) is 5.56 Å². The Hall–Kier alpha value is -2.13. The van der Waals surface area contributed by atoms with Crippen molar-refractivity contribution in [3.8, 4) is 0 Å². The van der Waals surface area contributed by atoms with E-state index in [2.05, 4.69) is 0 Å². The molecule has 1 heterocycles. The highest BCUT2D eigenvalue weighted by Crippen LogP contribution is 2.29. The number of benzene rings is 2. The molecule has 21 heavy (non-hydrogen) atoms. The molecule has 0 radical (unpaired) electrons. The molecule has 3 rings (SSSR count). The summed E-state index contributed by atoms with van der Waals surface area (Å²) in [4.78, 5) is 25.9. The lowest BCUT2D eigenvalue weighted by molar-refractivity contribution is -0.125. The molecule has 0 bridgehead atoms. The molecule has 1 atom stereocenters. The van der Waals surface area contributed by atoms with Crippen molar-refractivity contribution in [3.05, 3.63) is 70.7 Å². The van der Waals surface area contributed by atoms with Gasteiger partial charge in [-0.1, -0.05) is 41.9 Å². The normalized spacial score (nSPS) is 18.0. The Bertz CT molecular complexity index is 667. The Labute approximate surface area is 128 Å². The molecule has 1 fully saturated rings. The van der Waals surface area contributed by atoms with Crippen LogP contribution in [0, 0.1) is 0 Å². The van der Waals surface area contributed by atoms with Gasteiger partial charge in [-0.3, -0.25) is 14.5 Å². The molecule has 0 saturated carbocycles. The van der Waals surface area contributed by atoms with Crippen LogP contribution in [0.25, 0.3) is 0 Å². The average molecular weight is 300 g/mol. The van der Waals surface area contributed by atoms with Crippen LogP contribution in [0.2, 0.25) is 5.02 Å². The van der Waals surface area contributed by atoms with Crippen molar-refractivity contribution in [2.45, 2.75) is 12.3 Å². The van der Waals surface area contributed by atoms with E-state index in [1.165, 1.54) is 4.90 Å². The smallest absolute Gasteiger partial charge is 0.260 e. The molecule has 0 spiro atoms. The number of hydrogen-bond acceptors (Lipinski definition) is 2. The molecule has 0 N–H and O–H groups in total. The fraction of sp³-hybridized carbons (Fsp3) is 0.176. The minimum atomic E-state index is -0.255. The third kappa shape index (κ3) is 2.83. The van der Waals surface area contributed by atoms with E-state index in [4.69, 9.17) is 11.6 Å². The molecule has 0 aromatic heterocycles. The monoisotopic (exact) mass is 299 g/mol. The molecule has 106 valence electrons. The minimum Gasteiger partial charge on any atom is -0.278 e. The van der Waals surface area contributed by atoms with Crippen molar-refractivity contribution < 1.29 is 9.59 Å². The Morgan fingerprint density at radius 3 is 2.38 bits per heavy atom. The maximum Gasteiger partial charge on any atom is 0.260 e. The van der Waals surface area contributed by atoms with Gasteiger partial charge < -0.3 is 0 Å². The van der Waals surface area contributed by atoms with E-state index in [9.17, 15) is 9.59 Å². The first kappa shape index (κ1) is 13.8. The highest BCUT2D eigenvalue weighted by molar-refractivity contribution is 6.30. The van der Waals surface area contributed by atoms with E-state index < -0.39 is 0 Å². The zero-order valence-electron chi connectivity index (χ0n) is 11.3. The maximum atomic E-state index is 12.4. The Kier molecular flexibility index (Phi) is 3.76. The first-order chi connectivity index (χ1) is 10.1. The molecule has 1 aliphatic heterocycles. The highest BCUT2D eigenvalue weighted by atomic mass is 35.5. The SMILES string of the molecule is O=C1C[C@H](c2ccccc2)CN1C(=O)c1ccc(Cl)cc1. The molecule has 2 aromatic rings. The van der Waals surface area contributed by atoms with Crippen LogP contribution in [-0.2, 0) is 4.79 Å². The summed E-state index contributed by atoms with van der Waals surface area (Å²) in [5.41, 5.74) is 1.58. The lowest BCUT2D eigenvalue weighted by Gasteiger charge is -2.15. The first-order valence-electron chi connectivity index (χ1n) is 6.80. The number of carbonyl (C=O) groups excluding carboxylic acids is 2. The van der Waals surface area contributed by atoms with Crippen LogP contribution in [0.15, 0.2) is 54.6 Å². The van der Waals surface area contributed by atoms with Crippen LogP contribution in [0.3, 0.4) is 0 Å². The molecular formula is C17H14ClNO2. The fourth-order valence-corrected chi connectivity index (χ4v) is 2.73. The van der Waals surface area contributed by atoms with Crippen LogP contribution in [0.5, 0.6) is 0 Å². The molecule has 4 heteroatoms. The van der Waals surface area contributed by atoms with Crippen molar-refractivity contribution >= 4 is 23.4 Å². The topological polar surface area (TPSA) is 37.4 Å². The van der Waals surface area contributed by atoms with Crippen LogP contribution in [0.1, 0.15) is 28.3 Å². The van der Waals surface area contributed by atoms with Crippen LogP contribution >= 0.6 is 11.6 Å². The third-order valence-electron chi connectivity index (χ3n) is 3.73. The second-order valence-corrected chi connectivity index (χ2v) is 5.56. The van der Waals surface area contributed by atoms with Gasteiger partial charge in [-0.25, -0.2) is 0 Å². The van der Waals surface area contributed by atoms with Gasteiger partial charge in [-0.2, -0.15) is 0 Å². The van der Waals surface area contributed by atoms with Gasteiger partial charge in [0.05, 0.1) is 0 Å². The molecule has 0 unspecified atom stereocenters. The summed E-state index contributed by atoms with van der Waals surface area (Å²) in [6.07, 6.45) is 0.378. The predicted molar refractivity (Wildman–Crippen MR) is 81.3 cm³/mol. The van der Waals surface area contributed by atoms with Crippen LogP contribution in [-0.4, -0.2) is 23.3 Å². The summed E-state index contributed by atoms with van der Waals surface area (Å²) in [5.74, 6) is -0.297. The van der Waals surface area contributed by atoms with Crippen molar-refractivity contribution in [2.75, 3.05) is 6.54 Å². The van der Waals surface area contributed by atoms with Gasteiger partial charge in [0.15, 0.2) is 0 Å². The first-order valence-corrected chi connectivity index (χ1v) is 7.18. The maximum absolute atomic E-state index is 12.4. The molecule has 3 nitrogen and oxygen atoms in total. The lowest BCUT2D eigenvalue weighted by Crippen LogP contribution is -2.32. The number of amides is 2. The van der Waals surface area contributed by atoms with Gasteiger partial charge >= 0.3 is 0 Å². The van der Waals surface area contributed by atoms with Gasteiger partial charge in [-0.05, 0) is 29.8 Å². The molecular weight excluding hydrogens is 286 g/mol. The summed E-state index contributed by atoms with van der Waals surface area (Å²) in [6, 6.07) is 16.4. The van der Waals surface area contributed by atoms with Crippen LogP contribution in [0.4, 0.5) is 0 Å². The van der Waals surface area contributed by atoms with Crippen molar-refractivity contribution in [1.29, 1.82) is 0 Å². The van der Waals surface area contributed by atoms with Crippen LogP contribution < -0.4 is 0 Å². The second kappa shape index (κ2) is 5.70. The molecule has 2 aromatic carbocycles. The van der Waals surface area contributed by atoms with Gasteiger partial charge in [0.25, 0.3) is 5.91 Å². The second-order valence-electron chi connectivity index (χ2n) is 5.13. The summed E-state index contributed by atoms with van der Waals surface area (Å²) in [5, 5.41) is 0.571. The third-order valence-corrected chi connectivity index (χ3v) is 3.98. The van der Waals surface area contributed by atoms with E-state index in [1.807, 2.05) is 30.3 Å². The predicted octanol–water partition coefficient (Wildman–Crippen LogP) is 3.50. The van der Waals surface area contributed by atoms with Crippen molar-refractivity contribution in [2.24, 2.45) is 0 Å². The molecule has 2 amide bonds. The number of nitrogens with zero attached hydrogens (tertiary/aromatic N) is 1. The number of imide groups is 1. The Morgan fingerprint density at radius 2 is 1.71 bits per heavy atom. The number of hydrogen-bond donors (Lipinski definition) is 0. The zero-order chi connectivity index (χ0) is 14.8. The number of likely N-dealkylation sites (tertiary alicyclic amines) is 1. The van der Waals surface area contributed by atoms with Crippen molar-refractivity contribution in [1.82, 2.24) is 4.90 Å². The molecule has 0 aliphatic carbocycles. The van der Waals surface area contributed by atoms with Gasteiger partial charge in [0, 0.05) is 29.5 Å². The summed E-state index contributed by atoms with van der Waals surface area (Å²) in [6.45, 7) is 0.435. The van der Waals surface area contributed by atoms with E-state index >= 15 is 0 Å². The minimum absolute atomic E-state index is 0.0787. The van der Waals surface area contributed by atoms with E-state index in [-0.39, 0.29) is 17.7 Å². The zero-order valence-corrected chi connectivity index (χ0v) is 12.1. The fourth-order valence-electron chi connectivity index (χ4n) is 2.60. The molecule has 1 aliphatic rings. The number of rotatable bonds is 2. The van der Waals surface area contributed by atoms with Gasteiger partial charge in [0.2, 0.25) is 5.91 Å². The number of halogens is 1. The Balaban J connectivity index is 1.79. The highest BCUT2D eigenvalue weighted by Gasteiger charge is 2.34. The quantitative estimate of drug-likeness (QED) is 0.796. The summed E-state index contributed by atoms with van der Waals surface area (Å²) < 4.78 is 0. The number of carbonyl (C=O) groups is 2. The van der Waals surface area contributed by atoms with E-state index in [0.29, 0.717) is 23.6 Å². The lowest BCUT2D eigenvalue weighted by atomic mass is 9.98. The molecule has 1 saturated heterocycles. The van der Waals surface area contributed by atoms with Gasteiger partial charge in [-0.15, -0.1) is 0 Å². The summed E-state index contributed by atoms with van der Waals surface area (Å²) in [7, 11) is 0. The van der Waals surface area contributed by atoms with Gasteiger partial charge in [0.1, 0.15) is 0 Å². The Morgan fingerprint density at radius 1 is 1.05 bits per heavy atom. The summed E-state index contributed by atoms with van der Waals surface area (Å²) >= 11 is 5.82. The average Bonchev–Trinajstić information content (AvgIpc) is 2.90.